The fraction of sp³-hybridized carbons (Fsp3) is 0.875. The van der Waals surface area contributed by atoms with Crippen molar-refractivity contribution in [2.24, 2.45) is 0 Å². The Morgan fingerprint density at radius 3 is 0.981 bits per heavy atom. The molecule has 53 heavy (non-hydrogen) atoms. The molecule has 0 atom stereocenters. The molecular formula is C48H91O4P. The van der Waals surface area contributed by atoms with Crippen LogP contribution in [0.3, 0.4) is 0 Å². The molecule has 1 rings (SSSR count). The summed E-state index contributed by atoms with van der Waals surface area (Å²) in [5.74, 6) is 0.255. The highest BCUT2D eigenvalue weighted by atomic mass is 31.2. The Morgan fingerprint density at radius 1 is 0.472 bits per heavy atom. The third-order valence-corrected chi connectivity index (χ3v) is 13.9. The van der Waals surface area contributed by atoms with Gasteiger partial charge in [-0.05, 0) is 41.9 Å². The summed E-state index contributed by atoms with van der Waals surface area (Å²) >= 11 is 0. The number of hydrogen-bond acceptors (Lipinski definition) is 2. The quantitative estimate of drug-likeness (QED) is 0.0470. The van der Waals surface area contributed by atoms with Crippen LogP contribution in [0, 0.1) is 6.92 Å². The summed E-state index contributed by atoms with van der Waals surface area (Å²) in [6, 6.07) is 3.81. The Morgan fingerprint density at radius 2 is 0.736 bits per heavy atom. The standard InChI is InChI=1S/C48H91O4P/c1-7-9-11-13-15-17-19-21-23-25-27-29-31-33-35-37-39-48(53(50,51)52,44-41-43(3)46(49)45(42-44)47(4,5)6)40-38-36-34-32-30-28-26-24-22-20-18-16-14-12-10-8-2/h41-42,49H,7-40H2,1-6H3,(H2,50,51,52). The zero-order chi connectivity index (χ0) is 39.3. The molecule has 0 spiro atoms. The summed E-state index contributed by atoms with van der Waals surface area (Å²) in [7, 11) is -4.50. The molecule has 5 heteroatoms. The van der Waals surface area contributed by atoms with Crippen molar-refractivity contribution in [3.63, 3.8) is 0 Å². The fourth-order valence-electron chi connectivity index (χ4n) is 8.42. The second-order valence-electron chi connectivity index (χ2n) is 18.1. The first-order chi connectivity index (χ1) is 25.4. The molecule has 0 unspecified atom stereocenters. The van der Waals surface area contributed by atoms with Gasteiger partial charge in [0.15, 0.2) is 0 Å². The van der Waals surface area contributed by atoms with Crippen molar-refractivity contribution in [1.82, 2.24) is 0 Å². The number of hydrogen-bond donors (Lipinski definition) is 3. The van der Waals surface area contributed by atoms with Crippen LogP contribution in [-0.4, -0.2) is 14.9 Å². The number of phenolic OH excluding ortho intramolecular Hbond substituents is 1. The average Bonchev–Trinajstić information content (AvgIpc) is 3.10. The first kappa shape index (κ1) is 50.2. The van der Waals surface area contributed by atoms with Crippen LogP contribution < -0.4 is 0 Å². The number of unbranched alkanes of at least 4 members (excludes halogenated alkanes) is 30. The van der Waals surface area contributed by atoms with Crippen LogP contribution in [0.4, 0.5) is 0 Å². The average molecular weight is 763 g/mol. The van der Waals surface area contributed by atoms with Crippen LogP contribution in [-0.2, 0) is 15.1 Å². The molecule has 0 fully saturated rings. The molecule has 4 nitrogen and oxygen atoms in total. The van der Waals surface area contributed by atoms with Gasteiger partial charge in [-0.15, -0.1) is 0 Å². The Bertz CT molecular complexity index is 1020. The molecule has 312 valence electrons. The van der Waals surface area contributed by atoms with E-state index < -0.39 is 12.8 Å². The first-order valence-electron chi connectivity index (χ1n) is 23.3. The lowest BCUT2D eigenvalue weighted by Crippen LogP contribution is -2.28. The van der Waals surface area contributed by atoms with Gasteiger partial charge in [0, 0.05) is 0 Å². The van der Waals surface area contributed by atoms with Gasteiger partial charge in [-0.1, -0.05) is 252 Å². The third kappa shape index (κ3) is 22.5. The fourth-order valence-corrected chi connectivity index (χ4v) is 9.79. The topological polar surface area (TPSA) is 77.8 Å². The van der Waals surface area contributed by atoms with Gasteiger partial charge in [-0.2, -0.15) is 0 Å². The SMILES string of the molecule is CCCCCCCCCCCCCCCCCCC(CCCCCCCCCCCCCCCCCC)(c1cc(C)c(O)c(C(C)(C)C)c1)P(=O)(O)O. The van der Waals surface area contributed by atoms with E-state index in [0.717, 1.165) is 49.7 Å². The second-order valence-corrected chi connectivity index (χ2v) is 20.1. The predicted molar refractivity (Wildman–Crippen MR) is 234 cm³/mol. The molecule has 1 aromatic rings. The van der Waals surface area contributed by atoms with Crippen LogP contribution in [0.25, 0.3) is 0 Å². The lowest BCUT2D eigenvalue weighted by molar-refractivity contribution is 0.297. The maximum absolute atomic E-state index is 13.6. The largest absolute Gasteiger partial charge is 0.507 e. The highest BCUT2D eigenvalue weighted by Gasteiger charge is 2.47. The van der Waals surface area contributed by atoms with Crippen LogP contribution >= 0.6 is 7.60 Å². The Balaban J connectivity index is 2.59. The lowest BCUT2D eigenvalue weighted by Gasteiger charge is -2.37. The van der Waals surface area contributed by atoms with Crippen LogP contribution in [0.15, 0.2) is 12.1 Å². The van der Waals surface area contributed by atoms with Crippen molar-refractivity contribution in [3.05, 3.63) is 28.8 Å². The monoisotopic (exact) mass is 763 g/mol. The normalized spacial score (nSPS) is 12.6. The minimum absolute atomic E-state index is 0.255. The highest BCUT2D eigenvalue weighted by molar-refractivity contribution is 7.53. The van der Waals surface area contributed by atoms with Crippen molar-refractivity contribution in [2.45, 2.75) is 270 Å². The molecule has 0 saturated carbocycles. The van der Waals surface area contributed by atoms with Gasteiger partial charge in [0.1, 0.15) is 5.75 Å². The number of phenols is 1. The lowest BCUT2D eigenvalue weighted by atomic mass is 9.80. The number of benzene rings is 1. The Labute approximate surface area is 331 Å². The molecule has 0 aliphatic rings. The summed E-state index contributed by atoms with van der Waals surface area (Å²) in [5, 5.41) is 9.78. The zero-order valence-corrected chi connectivity index (χ0v) is 37.3. The van der Waals surface area contributed by atoms with Crippen LogP contribution in [0.2, 0.25) is 0 Å². The maximum atomic E-state index is 13.6. The molecule has 0 aliphatic carbocycles. The molecule has 0 heterocycles. The van der Waals surface area contributed by atoms with Crippen LogP contribution in [0.1, 0.15) is 270 Å². The number of aromatic hydroxyl groups is 1. The zero-order valence-electron chi connectivity index (χ0n) is 36.4. The van der Waals surface area contributed by atoms with Crippen molar-refractivity contribution < 1.29 is 19.5 Å². The minimum atomic E-state index is -4.50. The summed E-state index contributed by atoms with van der Waals surface area (Å²) in [5.41, 5.74) is 1.90. The van der Waals surface area contributed by atoms with Crippen molar-refractivity contribution in [1.29, 1.82) is 0 Å². The number of aryl methyl sites for hydroxylation is 1. The third-order valence-electron chi connectivity index (χ3n) is 12.1. The highest BCUT2D eigenvalue weighted by Crippen LogP contribution is 2.63. The summed E-state index contributed by atoms with van der Waals surface area (Å²) in [6.45, 7) is 12.6. The summed E-state index contributed by atoms with van der Waals surface area (Å²) in [6.07, 6.45) is 42.2. The molecule has 0 radical (unpaired) electrons. The van der Waals surface area contributed by atoms with Gasteiger partial charge in [0.05, 0.1) is 5.16 Å². The van der Waals surface area contributed by atoms with E-state index in [2.05, 4.69) is 34.6 Å². The molecule has 3 N–H and O–H groups in total. The first-order valence-corrected chi connectivity index (χ1v) is 24.9. The molecular weight excluding hydrogens is 671 g/mol. The molecule has 0 amide bonds. The van der Waals surface area contributed by atoms with Crippen molar-refractivity contribution in [2.75, 3.05) is 0 Å². The number of rotatable bonds is 36. The van der Waals surface area contributed by atoms with Crippen LogP contribution in [0.5, 0.6) is 5.75 Å². The molecule has 1 aromatic carbocycles. The van der Waals surface area contributed by atoms with E-state index in [1.54, 1.807) is 0 Å². The summed E-state index contributed by atoms with van der Waals surface area (Å²) in [4.78, 5) is 22.3. The van der Waals surface area contributed by atoms with E-state index in [1.165, 1.54) is 167 Å². The van der Waals surface area contributed by atoms with E-state index in [0.29, 0.717) is 18.4 Å². The molecule has 0 bridgehead atoms. The Kier molecular flexibility index (Phi) is 28.7. The van der Waals surface area contributed by atoms with E-state index >= 15 is 0 Å². The van der Waals surface area contributed by atoms with E-state index in [4.69, 9.17) is 0 Å². The second kappa shape index (κ2) is 30.3. The van der Waals surface area contributed by atoms with Crippen molar-refractivity contribution >= 4 is 7.60 Å². The molecule has 0 aromatic heterocycles. The van der Waals surface area contributed by atoms with E-state index in [9.17, 15) is 19.5 Å². The van der Waals surface area contributed by atoms with Gasteiger partial charge in [-0.3, -0.25) is 4.57 Å². The van der Waals surface area contributed by atoms with E-state index in [1.807, 2.05) is 19.1 Å². The molecule has 0 aliphatic heterocycles. The van der Waals surface area contributed by atoms with Gasteiger partial charge < -0.3 is 14.9 Å². The molecule has 0 saturated heterocycles. The van der Waals surface area contributed by atoms with Gasteiger partial charge in [0.25, 0.3) is 0 Å². The Hall–Kier alpha value is -0.830. The maximum Gasteiger partial charge on any atom is 0.335 e. The smallest absolute Gasteiger partial charge is 0.335 e. The summed E-state index contributed by atoms with van der Waals surface area (Å²) < 4.78 is 13.6. The van der Waals surface area contributed by atoms with Gasteiger partial charge >= 0.3 is 7.60 Å². The predicted octanol–water partition coefficient (Wildman–Crippen LogP) is 16.7. The van der Waals surface area contributed by atoms with Gasteiger partial charge in [0.2, 0.25) is 0 Å². The van der Waals surface area contributed by atoms with Crippen molar-refractivity contribution in [3.8, 4) is 5.75 Å². The van der Waals surface area contributed by atoms with E-state index in [-0.39, 0.29) is 11.2 Å². The minimum Gasteiger partial charge on any atom is -0.507 e. The van der Waals surface area contributed by atoms with Gasteiger partial charge in [-0.25, -0.2) is 0 Å².